The lowest BCUT2D eigenvalue weighted by molar-refractivity contribution is -0.255. The third-order valence-corrected chi connectivity index (χ3v) is 5.66. The minimum atomic E-state index is -1.35. The summed E-state index contributed by atoms with van der Waals surface area (Å²) in [6, 6.07) is 16.5. The van der Waals surface area contributed by atoms with Crippen LogP contribution < -0.4 is 10.4 Å². The molecular formula is C24H28NO4-. The van der Waals surface area contributed by atoms with Crippen molar-refractivity contribution in [3.05, 3.63) is 71.3 Å². The molecular weight excluding hydrogens is 366 g/mol. The molecule has 0 radical (unpaired) electrons. The molecule has 0 aliphatic carbocycles. The molecule has 1 fully saturated rings. The van der Waals surface area contributed by atoms with Crippen LogP contribution in [0.2, 0.25) is 0 Å². The van der Waals surface area contributed by atoms with Crippen molar-refractivity contribution in [2.45, 2.75) is 44.6 Å². The van der Waals surface area contributed by atoms with E-state index in [4.69, 9.17) is 4.74 Å². The van der Waals surface area contributed by atoms with E-state index >= 15 is 0 Å². The zero-order valence-corrected chi connectivity index (χ0v) is 17.0. The number of hydrogen-bond donors (Lipinski definition) is 1. The van der Waals surface area contributed by atoms with Gasteiger partial charge in [0.2, 0.25) is 0 Å². The number of benzene rings is 2. The van der Waals surface area contributed by atoms with Gasteiger partial charge in [0.15, 0.2) is 0 Å². The Morgan fingerprint density at radius 2 is 1.76 bits per heavy atom. The van der Waals surface area contributed by atoms with Crippen molar-refractivity contribution < 1.29 is 19.4 Å². The summed E-state index contributed by atoms with van der Waals surface area (Å²) < 4.78 is 5.89. The summed E-state index contributed by atoms with van der Waals surface area (Å²) in [5.41, 5.74) is 1.17. The van der Waals surface area contributed by atoms with E-state index in [1.165, 1.54) is 17.7 Å². The molecule has 29 heavy (non-hydrogen) atoms. The van der Waals surface area contributed by atoms with E-state index < -0.39 is 5.97 Å². The van der Waals surface area contributed by atoms with Crippen molar-refractivity contribution in [3.8, 4) is 0 Å². The zero-order valence-electron chi connectivity index (χ0n) is 17.0. The second-order valence-corrected chi connectivity index (χ2v) is 8.26. The maximum Gasteiger partial charge on any atom is 0.251 e. The largest absolute Gasteiger partial charge is 0.545 e. The fourth-order valence-corrected chi connectivity index (χ4v) is 4.29. The molecule has 1 heterocycles. The molecule has 0 aromatic heterocycles. The first-order valence-electron chi connectivity index (χ1n) is 10.1. The monoisotopic (exact) mass is 394 g/mol. The highest BCUT2D eigenvalue weighted by atomic mass is 16.5. The SMILES string of the molecule is CC1(C)C[C@@H]([C@@H](CCNC(=O)c2ccccc2C(=O)[O-])c2ccccc2)CCO1. The minimum Gasteiger partial charge on any atom is -0.545 e. The van der Waals surface area contributed by atoms with Crippen LogP contribution in [0.25, 0.3) is 0 Å². The van der Waals surface area contributed by atoms with E-state index in [0.717, 1.165) is 25.9 Å². The van der Waals surface area contributed by atoms with Crippen LogP contribution in [-0.4, -0.2) is 30.6 Å². The summed E-state index contributed by atoms with van der Waals surface area (Å²) in [5, 5.41) is 14.2. The normalized spacial score (nSPS) is 19.3. The molecule has 0 spiro atoms. The first-order valence-corrected chi connectivity index (χ1v) is 10.1. The summed E-state index contributed by atoms with van der Waals surface area (Å²) >= 11 is 0. The molecule has 5 heteroatoms. The lowest BCUT2D eigenvalue weighted by atomic mass is 9.75. The van der Waals surface area contributed by atoms with Crippen molar-refractivity contribution in [3.63, 3.8) is 0 Å². The number of ether oxygens (including phenoxy) is 1. The molecule has 0 saturated carbocycles. The van der Waals surface area contributed by atoms with Crippen LogP contribution in [-0.2, 0) is 4.74 Å². The van der Waals surface area contributed by atoms with E-state index in [1.54, 1.807) is 12.1 Å². The first-order chi connectivity index (χ1) is 13.9. The summed E-state index contributed by atoms with van der Waals surface area (Å²) in [5.74, 6) is -0.962. The molecule has 2 aromatic rings. The number of carboxylic acids is 1. The molecule has 1 N–H and O–H groups in total. The Morgan fingerprint density at radius 3 is 2.41 bits per heavy atom. The van der Waals surface area contributed by atoms with E-state index in [2.05, 4.69) is 31.3 Å². The van der Waals surface area contributed by atoms with Crippen LogP contribution >= 0.6 is 0 Å². The number of hydrogen-bond acceptors (Lipinski definition) is 4. The Kier molecular flexibility index (Phi) is 6.70. The van der Waals surface area contributed by atoms with Gasteiger partial charge < -0.3 is 20.0 Å². The maximum absolute atomic E-state index is 12.5. The molecule has 154 valence electrons. The van der Waals surface area contributed by atoms with Gasteiger partial charge in [-0.15, -0.1) is 0 Å². The topological polar surface area (TPSA) is 78.5 Å². The predicted octanol–water partition coefficient (Wildman–Crippen LogP) is 3.16. The number of carboxylic acid groups (broad SMARTS) is 1. The average Bonchev–Trinajstić information content (AvgIpc) is 2.71. The third-order valence-electron chi connectivity index (χ3n) is 5.66. The highest BCUT2D eigenvalue weighted by Gasteiger charge is 2.34. The number of nitrogens with one attached hydrogen (secondary N) is 1. The highest BCUT2D eigenvalue weighted by Crippen LogP contribution is 2.39. The molecule has 1 aliphatic rings. The van der Waals surface area contributed by atoms with Crippen LogP contribution in [0.4, 0.5) is 0 Å². The first kappa shape index (κ1) is 21.1. The van der Waals surface area contributed by atoms with Gasteiger partial charge in [0.1, 0.15) is 0 Å². The van der Waals surface area contributed by atoms with Gasteiger partial charge in [-0.2, -0.15) is 0 Å². The van der Waals surface area contributed by atoms with Gasteiger partial charge in [0.05, 0.1) is 11.6 Å². The molecule has 1 aliphatic heterocycles. The van der Waals surface area contributed by atoms with Gasteiger partial charge in [-0.25, -0.2) is 0 Å². The van der Waals surface area contributed by atoms with Crippen molar-refractivity contribution in [2.75, 3.05) is 13.2 Å². The van der Waals surface area contributed by atoms with Gasteiger partial charge >= 0.3 is 0 Å². The van der Waals surface area contributed by atoms with Gasteiger partial charge in [-0.05, 0) is 56.6 Å². The third kappa shape index (κ3) is 5.45. The fourth-order valence-electron chi connectivity index (χ4n) is 4.29. The Hall–Kier alpha value is -2.66. The standard InChI is InChI=1S/C24H29NO4/c1-24(2)16-18(13-15-29-24)19(17-8-4-3-5-9-17)12-14-25-22(26)20-10-6-7-11-21(20)23(27)28/h3-11,18-19H,12-16H2,1-2H3,(H,25,26)(H,27,28)/p-1/t18-,19-/m0/s1. The average molecular weight is 394 g/mol. The highest BCUT2D eigenvalue weighted by molar-refractivity contribution is 6.04. The van der Waals surface area contributed by atoms with Crippen LogP contribution in [0.5, 0.6) is 0 Å². The maximum atomic E-state index is 12.5. The molecule has 5 nitrogen and oxygen atoms in total. The molecule has 3 rings (SSSR count). The van der Waals surface area contributed by atoms with E-state index in [1.807, 2.05) is 18.2 Å². The smallest absolute Gasteiger partial charge is 0.251 e. The number of aromatic carboxylic acids is 1. The van der Waals surface area contributed by atoms with Crippen molar-refractivity contribution >= 4 is 11.9 Å². The van der Waals surface area contributed by atoms with Gasteiger partial charge in [0, 0.05) is 24.3 Å². The number of carbonyl (C=O) groups excluding carboxylic acids is 2. The Bertz CT molecular complexity index is 847. The quantitative estimate of drug-likeness (QED) is 0.782. The molecule has 0 bridgehead atoms. The van der Waals surface area contributed by atoms with Crippen LogP contribution in [0, 0.1) is 5.92 Å². The lowest BCUT2D eigenvalue weighted by Crippen LogP contribution is -2.37. The summed E-state index contributed by atoms with van der Waals surface area (Å²) in [6.45, 7) is 5.46. The Labute approximate surface area is 172 Å². The predicted molar refractivity (Wildman–Crippen MR) is 110 cm³/mol. The van der Waals surface area contributed by atoms with Gasteiger partial charge in [0.25, 0.3) is 5.91 Å². The van der Waals surface area contributed by atoms with Crippen LogP contribution in [0.1, 0.15) is 65.3 Å². The minimum absolute atomic E-state index is 0.0872. The molecule has 1 saturated heterocycles. The second-order valence-electron chi connectivity index (χ2n) is 8.26. The Morgan fingerprint density at radius 1 is 1.10 bits per heavy atom. The van der Waals surface area contributed by atoms with Gasteiger partial charge in [-0.1, -0.05) is 48.5 Å². The van der Waals surface area contributed by atoms with E-state index in [0.29, 0.717) is 18.4 Å². The Balaban J connectivity index is 1.69. The van der Waals surface area contributed by atoms with Gasteiger partial charge in [-0.3, -0.25) is 4.79 Å². The van der Waals surface area contributed by atoms with E-state index in [9.17, 15) is 14.7 Å². The zero-order chi connectivity index (χ0) is 20.9. The van der Waals surface area contributed by atoms with Crippen molar-refractivity contribution in [1.29, 1.82) is 0 Å². The van der Waals surface area contributed by atoms with E-state index in [-0.39, 0.29) is 22.6 Å². The summed E-state index contributed by atoms with van der Waals surface area (Å²) in [6.07, 6.45) is 2.74. The van der Waals surface area contributed by atoms with Crippen LogP contribution in [0.3, 0.4) is 0 Å². The summed E-state index contributed by atoms with van der Waals surface area (Å²) in [7, 11) is 0. The second kappa shape index (κ2) is 9.23. The van der Waals surface area contributed by atoms with Crippen molar-refractivity contribution in [1.82, 2.24) is 5.32 Å². The number of rotatable bonds is 7. The fraction of sp³-hybridized carbons (Fsp3) is 0.417. The number of amides is 1. The molecule has 0 unspecified atom stereocenters. The molecule has 1 amide bonds. The number of carbonyl (C=O) groups is 2. The summed E-state index contributed by atoms with van der Waals surface area (Å²) in [4.78, 5) is 23.8. The molecule has 2 aromatic carbocycles. The molecule has 2 atom stereocenters. The van der Waals surface area contributed by atoms with Crippen LogP contribution in [0.15, 0.2) is 54.6 Å². The van der Waals surface area contributed by atoms with Crippen molar-refractivity contribution in [2.24, 2.45) is 5.92 Å². The lowest BCUT2D eigenvalue weighted by Gasteiger charge is -2.39.